The zero-order chi connectivity index (χ0) is 12.8. The van der Waals surface area contributed by atoms with Crippen molar-refractivity contribution in [3.63, 3.8) is 0 Å². The average molecular weight is 244 g/mol. The van der Waals surface area contributed by atoms with Gasteiger partial charge in [0.2, 0.25) is 0 Å². The Morgan fingerprint density at radius 2 is 2.11 bits per heavy atom. The van der Waals surface area contributed by atoms with E-state index in [1.807, 2.05) is 12.1 Å². The highest BCUT2D eigenvalue weighted by Gasteiger charge is 2.12. The fourth-order valence-electron chi connectivity index (χ4n) is 1.57. The maximum Gasteiger partial charge on any atom is 0.386 e. The number of nitro groups is 1. The zero-order valence-electron chi connectivity index (χ0n) is 9.61. The van der Waals surface area contributed by atoms with Crippen LogP contribution >= 0.6 is 0 Å². The molecule has 0 aliphatic heterocycles. The standard InChI is InChI=1S/C12H12N4O2/c17-16(18)12-11(4-2-7-15-12)14-8-5-10-3-1-6-13-9-10/h1-4,6-7,9,14H,5,8H2. The van der Waals surface area contributed by atoms with Crippen LogP contribution in [0.3, 0.4) is 0 Å². The van der Waals surface area contributed by atoms with Crippen molar-refractivity contribution in [2.45, 2.75) is 6.42 Å². The quantitative estimate of drug-likeness (QED) is 0.643. The van der Waals surface area contributed by atoms with E-state index in [0.29, 0.717) is 12.2 Å². The molecule has 0 saturated heterocycles. The van der Waals surface area contributed by atoms with Gasteiger partial charge in [0.15, 0.2) is 0 Å². The van der Waals surface area contributed by atoms with Crippen LogP contribution < -0.4 is 5.32 Å². The van der Waals surface area contributed by atoms with E-state index in [1.165, 1.54) is 6.20 Å². The lowest BCUT2D eigenvalue weighted by atomic mass is 10.2. The van der Waals surface area contributed by atoms with Crippen molar-refractivity contribution in [1.82, 2.24) is 9.97 Å². The fourth-order valence-corrected chi connectivity index (χ4v) is 1.57. The lowest BCUT2D eigenvalue weighted by Crippen LogP contribution is -2.07. The molecule has 92 valence electrons. The number of nitrogens with one attached hydrogen (secondary N) is 1. The van der Waals surface area contributed by atoms with Gasteiger partial charge in [-0.05, 0) is 40.1 Å². The van der Waals surface area contributed by atoms with Crippen molar-refractivity contribution in [2.75, 3.05) is 11.9 Å². The van der Waals surface area contributed by atoms with Gasteiger partial charge in [-0.3, -0.25) is 4.98 Å². The van der Waals surface area contributed by atoms with Gasteiger partial charge < -0.3 is 15.4 Å². The lowest BCUT2D eigenvalue weighted by molar-refractivity contribution is -0.388. The molecule has 0 saturated carbocycles. The molecular weight excluding hydrogens is 232 g/mol. The lowest BCUT2D eigenvalue weighted by Gasteiger charge is -2.05. The van der Waals surface area contributed by atoms with Crippen molar-refractivity contribution >= 4 is 11.5 Å². The SMILES string of the molecule is O=[N+]([O-])c1ncccc1NCCc1cccnc1. The molecule has 0 fully saturated rings. The molecular formula is C12H12N4O2. The van der Waals surface area contributed by atoms with Crippen LogP contribution in [0.4, 0.5) is 11.5 Å². The second-order valence-corrected chi connectivity index (χ2v) is 3.67. The van der Waals surface area contributed by atoms with Crippen molar-refractivity contribution < 1.29 is 4.92 Å². The summed E-state index contributed by atoms with van der Waals surface area (Å²) in [7, 11) is 0. The number of rotatable bonds is 5. The van der Waals surface area contributed by atoms with E-state index in [-0.39, 0.29) is 5.82 Å². The summed E-state index contributed by atoms with van der Waals surface area (Å²) >= 11 is 0. The van der Waals surface area contributed by atoms with Gasteiger partial charge in [0, 0.05) is 18.9 Å². The summed E-state index contributed by atoms with van der Waals surface area (Å²) in [5.41, 5.74) is 1.52. The number of anilines is 1. The summed E-state index contributed by atoms with van der Waals surface area (Å²) in [5, 5.41) is 13.8. The van der Waals surface area contributed by atoms with Crippen LogP contribution in [0.2, 0.25) is 0 Å². The summed E-state index contributed by atoms with van der Waals surface area (Å²) in [5.74, 6) is -0.149. The Kier molecular flexibility index (Phi) is 3.80. The van der Waals surface area contributed by atoms with Gasteiger partial charge in [-0.25, -0.2) is 0 Å². The molecule has 0 unspecified atom stereocenters. The van der Waals surface area contributed by atoms with Crippen LogP contribution in [-0.4, -0.2) is 21.4 Å². The summed E-state index contributed by atoms with van der Waals surface area (Å²) in [6, 6.07) is 7.14. The number of nitrogens with zero attached hydrogens (tertiary/aromatic N) is 3. The molecule has 2 aromatic rings. The predicted octanol–water partition coefficient (Wildman–Crippen LogP) is 2.04. The third-order valence-corrected chi connectivity index (χ3v) is 2.41. The smallest absolute Gasteiger partial charge is 0.378 e. The van der Waals surface area contributed by atoms with Crippen LogP contribution in [0.5, 0.6) is 0 Å². The van der Waals surface area contributed by atoms with Crippen LogP contribution in [0.25, 0.3) is 0 Å². The first-order valence-corrected chi connectivity index (χ1v) is 5.49. The maximum atomic E-state index is 10.7. The van der Waals surface area contributed by atoms with Gasteiger partial charge in [0.25, 0.3) is 0 Å². The third kappa shape index (κ3) is 3.00. The Hall–Kier alpha value is -2.50. The van der Waals surface area contributed by atoms with E-state index in [9.17, 15) is 10.1 Å². The van der Waals surface area contributed by atoms with E-state index < -0.39 is 4.92 Å². The largest absolute Gasteiger partial charge is 0.386 e. The molecule has 2 rings (SSSR count). The fraction of sp³-hybridized carbons (Fsp3) is 0.167. The minimum absolute atomic E-state index is 0.149. The molecule has 0 spiro atoms. The first-order valence-electron chi connectivity index (χ1n) is 5.49. The maximum absolute atomic E-state index is 10.7. The topological polar surface area (TPSA) is 81.0 Å². The summed E-state index contributed by atoms with van der Waals surface area (Å²) in [6.45, 7) is 0.595. The Morgan fingerprint density at radius 1 is 1.28 bits per heavy atom. The number of pyridine rings is 2. The number of hydrogen-bond donors (Lipinski definition) is 1. The molecule has 0 amide bonds. The highest BCUT2D eigenvalue weighted by atomic mass is 16.6. The van der Waals surface area contributed by atoms with Gasteiger partial charge in [-0.2, -0.15) is 0 Å². The van der Waals surface area contributed by atoms with Gasteiger partial charge in [-0.15, -0.1) is 0 Å². The second-order valence-electron chi connectivity index (χ2n) is 3.67. The Balaban J connectivity index is 1.97. The van der Waals surface area contributed by atoms with Gasteiger partial charge >= 0.3 is 5.82 Å². The Bertz CT molecular complexity index is 531. The molecule has 0 bridgehead atoms. The first-order chi connectivity index (χ1) is 8.77. The van der Waals surface area contributed by atoms with Crippen molar-refractivity contribution in [1.29, 1.82) is 0 Å². The van der Waals surface area contributed by atoms with Crippen LogP contribution in [0.1, 0.15) is 5.56 Å². The van der Waals surface area contributed by atoms with Gasteiger partial charge in [0.1, 0.15) is 11.9 Å². The molecule has 2 aromatic heterocycles. The van der Waals surface area contributed by atoms with E-state index in [1.54, 1.807) is 24.5 Å². The number of hydrogen-bond acceptors (Lipinski definition) is 5. The van der Waals surface area contributed by atoms with Crippen LogP contribution in [-0.2, 0) is 6.42 Å². The molecule has 1 N–H and O–H groups in total. The molecule has 0 radical (unpaired) electrons. The van der Waals surface area contributed by atoms with E-state index in [0.717, 1.165) is 12.0 Å². The zero-order valence-corrected chi connectivity index (χ0v) is 9.61. The van der Waals surface area contributed by atoms with Crippen molar-refractivity contribution in [3.05, 3.63) is 58.5 Å². The molecule has 0 aliphatic carbocycles. The molecule has 6 nitrogen and oxygen atoms in total. The third-order valence-electron chi connectivity index (χ3n) is 2.41. The molecule has 0 atom stereocenters. The Morgan fingerprint density at radius 3 is 2.83 bits per heavy atom. The van der Waals surface area contributed by atoms with Gasteiger partial charge in [-0.1, -0.05) is 6.07 Å². The highest BCUT2D eigenvalue weighted by Crippen LogP contribution is 2.19. The van der Waals surface area contributed by atoms with Crippen molar-refractivity contribution in [2.24, 2.45) is 0 Å². The summed E-state index contributed by atoms with van der Waals surface area (Å²) in [4.78, 5) is 18.0. The summed E-state index contributed by atoms with van der Waals surface area (Å²) in [6.07, 6.45) is 5.65. The summed E-state index contributed by atoms with van der Waals surface area (Å²) < 4.78 is 0. The van der Waals surface area contributed by atoms with Crippen LogP contribution in [0, 0.1) is 10.1 Å². The molecule has 2 heterocycles. The molecule has 18 heavy (non-hydrogen) atoms. The first kappa shape index (κ1) is 12.0. The second kappa shape index (κ2) is 5.72. The average Bonchev–Trinajstić information content (AvgIpc) is 2.40. The van der Waals surface area contributed by atoms with E-state index >= 15 is 0 Å². The minimum Gasteiger partial charge on any atom is -0.378 e. The van der Waals surface area contributed by atoms with Gasteiger partial charge in [0.05, 0.1) is 0 Å². The normalized spacial score (nSPS) is 10.0. The predicted molar refractivity (Wildman–Crippen MR) is 67.3 cm³/mol. The minimum atomic E-state index is -0.494. The molecule has 0 aliphatic rings. The van der Waals surface area contributed by atoms with E-state index in [4.69, 9.17) is 0 Å². The Labute approximate surface area is 104 Å². The van der Waals surface area contributed by atoms with Crippen LogP contribution in [0.15, 0.2) is 42.9 Å². The molecule has 0 aromatic carbocycles. The number of aromatic nitrogens is 2. The molecule has 6 heteroatoms. The monoisotopic (exact) mass is 244 g/mol. The highest BCUT2D eigenvalue weighted by molar-refractivity contribution is 5.56. The van der Waals surface area contributed by atoms with E-state index in [2.05, 4.69) is 15.3 Å². The van der Waals surface area contributed by atoms with Crippen molar-refractivity contribution in [3.8, 4) is 0 Å².